The molecule has 0 saturated carbocycles. The summed E-state index contributed by atoms with van der Waals surface area (Å²) < 4.78 is 11.3. The molecule has 0 fully saturated rings. The van der Waals surface area contributed by atoms with E-state index in [1.807, 2.05) is 19.9 Å². The van der Waals surface area contributed by atoms with Crippen LogP contribution in [-0.4, -0.2) is 38.8 Å². The van der Waals surface area contributed by atoms with Gasteiger partial charge in [-0.3, -0.25) is 4.21 Å². The molecule has 1 heterocycles. The fourth-order valence-electron chi connectivity index (χ4n) is 1.34. The summed E-state index contributed by atoms with van der Waals surface area (Å²) in [6.45, 7) is 7.49. The van der Waals surface area contributed by atoms with E-state index in [1.165, 1.54) is 0 Å². The molecule has 2 unspecified atom stereocenters. The Morgan fingerprint density at radius 1 is 1.39 bits per heavy atom. The van der Waals surface area contributed by atoms with Gasteiger partial charge in [0, 0.05) is 47.2 Å². The zero-order valence-corrected chi connectivity index (χ0v) is 12.3. The first-order valence-electron chi connectivity index (χ1n) is 6.18. The molecule has 0 aliphatic rings. The largest absolute Gasteiger partial charge is 0.369 e. The van der Waals surface area contributed by atoms with Crippen LogP contribution in [-0.2, 0) is 10.8 Å². The minimum Gasteiger partial charge on any atom is -0.369 e. The first-order chi connectivity index (χ1) is 8.52. The molecule has 0 aliphatic carbocycles. The van der Waals surface area contributed by atoms with Crippen molar-refractivity contribution >= 4 is 22.6 Å². The van der Waals surface area contributed by atoms with Crippen LogP contribution in [0.5, 0.6) is 0 Å². The molecule has 0 amide bonds. The molecule has 0 aliphatic heterocycles. The van der Waals surface area contributed by atoms with Gasteiger partial charge < -0.3 is 10.6 Å². The van der Waals surface area contributed by atoms with Crippen LogP contribution in [0, 0.1) is 6.92 Å². The van der Waals surface area contributed by atoms with Crippen molar-refractivity contribution in [3.05, 3.63) is 11.8 Å². The monoisotopic (exact) mass is 270 g/mol. The minimum atomic E-state index is -0.821. The molecule has 102 valence electrons. The molecule has 0 saturated heterocycles. The summed E-state index contributed by atoms with van der Waals surface area (Å²) in [5.74, 6) is 1.42. The second-order valence-electron chi connectivity index (χ2n) is 4.34. The molecule has 1 rings (SSSR count). The van der Waals surface area contributed by atoms with Crippen LogP contribution in [0.3, 0.4) is 0 Å². The summed E-state index contributed by atoms with van der Waals surface area (Å²) >= 11 is 0. The van der Waals surface area contributed by atoms with Crippen molar-refractivity contribution in [2.45, 2.75) is 32.4 Å². The Morgan fingerprint density at radius 3 is 2.72 bits per heavy atom. The molecule has 2 N–H and O–H groups in total. The summed E-state index contributed by atoms with van der Waals surface area (Å²) in [5, 5.41) is 6.47. The number of rotatable bonds is 7. The predicted octanol–water partition coefficient (Wildman–Crippen LogP) is 1.79. The molecule has 18 heavy (non-hydrogen) atoms. The van der Waals surface area contributed by atoms with Crippen LogP contribution >= 0.6 is 0 Å². The van der Waals surface area contributed by atoms with Gasteiger partial charge in [-0.15, -0.1) is 0 Å². The van der Waals surface area contributed by atoms with Gasteiger partial charge in [0.1, 0.15) is 5.82 Å². The summed E-state index contributed by atoms with van der Waals surface area (Å²) in [7, 11) is -0.821. The van der Waals surface area contributed by atoms with E-state index in [1.54, 1.807) is 6.26 Å². The minimum absolute atomic E-state index is 0.104. The van der Waals surface area contributed by atoms with Crippen molar-refractivity contribution in [2.75, 3.05) is 30.0 Å². The fraction of sp³-hybridized carbons (Fsp3) is 0.667. The predicted molar refractivity (Wildman–Crippen MR) is 77.6 cm³/mol. The van der Waals surface area contributed by atoms with Gasteiger partial charge in [0.25, 0.3) is 0 Å². The third kappa shape index (κ3) is 5.00. The highest BCUT2D eigenvalue weighted by molar-refractivity contribution is 7.84. The number of nitrogens with one attached hydrogen (secondary N) is 2. The van der Waals surface area contributed by atoms with Crippen LogP contribution in [0.15, 0.2) is 6.07 Å². The Kier molecular flexibility index (Phi) is 6.04. The third-order valence-electron chi connectivity index (χ3n) is 2.52. The number of nitrogens with zero attached hydrogens (tertiary/aromatic N) is 2. The van der Waals surface area contributed by atoms with E-state index in [4.69, 9.17) is 0 Å². The molecular formula is C12H22N4OS. The normalized spacial score (nSPS) is 14.0. The first-order valence-corrected chi connectivity index (χ1v) is 7.80. The quantitative estimate of drug-likeness (QED) is 0.790. The van der Waals surface area contributed by atoms with Gasteiger partial charge in [-0.2, -0.15) is 4.98 Å². The molecule has 2 atom stereocenters. The zero-order chi connectivity index (χ0) is 13.5. The van der Waals surface area contributed by atoms with Crippen LogP contribution in [0.1, 0.15) is 26.0 Å². The van der Waals surface area contributed by atoms with Gasteiger partial charge in [0.2, 0.25) is 5.95 Å². The number of aryl methyl sites for hydroxylation is 1. The highest BCUT2D eigenvalue weighted by atomic mass is 32.2. The molecule has 1 aromatic rings. The van der Waals surface area contributed by atoms with Crippen molar-refractivity contribution in [2.24, 2.45) is 0 Å². The Bertz CT molecular complexity index is 411. The summed E-state index contributed by atoms with van der Waals surface area (Å²) in [4.78, 5) is 8.68. The Balaban J connectivity index is 2.64. The van der Waals surface area contributed by atoms with Crippen molar-refractivity contribution < 1.29 is 4.21 Å². The standard InChI is InChI=1S/C12H22N4OS/c1-5-6-13-12-15-9(2)7-11(16-12)14-8-10(3)18(4)17/h7,10H,5-6,8H2,1-4H3,(H2,13,14,15,16). The molecule has 0 radical (unpaired) electrons. The van der Waals surface area contributed by atoms with Gasteiger partial charge in [-0.25, -0.2) is 4.98 Å². The Labute approximate surface area is 111 Å². The van der Waals surface area contributed by atoms with E-state index in [9.17, 15) is 4.21 Å². The van der Waals surface area contributed by atoms with Crippen molar-refractivity contribution in [3.63, 3.8) is 0 Å². The number of aromatic nitrogens is 2. The van der Waals surface area contributed by atoms with Gasteiger partial charge in [0.05, 0.1) is 0 Å². The molecule has 0 spiro atoms. The van der Waals surface area contributed by atoms with Crippen LogP contribution in [0.25, 0.3) is 0 Å². The topological polar surface area (TPSA) is 66.9 Å². The smallest absolute Gasteiger partial charge is 0.224 e. The summed E-state index contributed by atoms with van der Waals surface area (Å²) in [5.41, 5.74) is 0.913. The summed E-state index contributed by atoms with van der Waals surface area (Å²) in [6, 6.07) is 1.89. The van der Waals surface area contributed by atoms with Crippen molar-refractivity contribution in [1.29, 1.82) is 0 Å². The lowest BCUT2D eigenvalue weighted by atomic mass is 10.4. The summed E-state index contributed by atoms with van der Waals surface area (Å²) in [6.07, 6.45) is 2.75. The molecular weight excluding hydrogens is 248 g/mol. The van der Waals surface area contributed by atoms with E-state index < -0.39 is 10.8 Å². The first kappa shape index (κ1) is 14.9. The van der Waals surface area contributed by atoms with E-state index in [2.05, 4.69) is 27.5 Å². The lowest BCUT2D eigenvalue weighted by molar-refractivity contribution is 0.679. The lowest BCUT2D eigenvalue weighted by Gasteiger charge is -2.12. The van der Waals surface area contributed by atoms with Gasteiger partial charge in [-0.05, 0) is 20.3 Å². The van der Waals surface area contributed by atoms with Crippen molar-refractivity contribution in [1.82, 2.24) is 9.97 Å². The Morgan fingerprint density at radius 2 is 2.11 bits per heavy atom. The second kappa shape index (κ2) is 7.31. The molecule has 5 nitrogen and oxygen atoms in total. The van der Waals surface area contributed by atoms with Crippen LogP contribution in [0.2, 0.25) is 0 Å². The van der Waals surface area contributed by atoms with E-state index in [-0.39, 0.29) is 5.25 Å². The lowest BCUT2D eigenvalue weighted by Crippen LogP contribution is -2.21. The van der Waals surface area contributed by atoms with E-state index >= 15 is 0 Å². The third-order valence-corrected chi connectivity index (χ3v) is 3.82. The average molecular weight is 270 g/mol. The molecule has 0 bridgehead atoms. The maximum atomic E-state index is 11.3. The molecule has 0 aromatic carbocycles. The maximum Gasteiger partial charge on any atom is 0.224 e. The fourth-order valence-corrected chi connectivity index (χ4v) is 1.66. The van der Waals surface area contributed by atoms with Crippen LogP contribution < -0.4 is 10.6 Å². The highest BCUT2D eigenvalue weighted by Gasteiger charge is 2.07. The zero-order valence-electron chi connectivity index (χ0n) is 11.5. The number of anilines is 2. The average Bonchev–Trinajstić information content (AvgIpc) is 2.32. The number of hydrogen-bond acceptors (Lipinski definition) is 5. The second-order valence-corrected chi connectivity index (χ2v) is 6.14. The van der Waals surface area contributed by atoms with Gasteiger partial charge >= 0.3 is 0 Å². The number of hydrogen-bond donors (Lipinski definition) is 2. The van der Waals surface area contributed by atoms with E-state index in [0.717, 1.165) is 24.5 Å². The Hall–Kier alpha value is -1.17. The SMILES string of the molecule is CCCNc1nc(C)cc(NCC(C)S(C)=O)n1. The highest BCUT2D eigenvalue weighted by Crippen LogP contribution is 2.10. The van der Waals surface area contributed by atoms with Crippen molar-refractivity contribution in [3.8, 4) is 0 Å². The van der Waals surface area contributed by atoms with E-state index in [0.29, 0.717) is 12.5 Å². The molecule has 1 aromatic heterocycles. The maximum absolute atomic E-state index is 11.3. The van der Waals surface area contributed by atoms with Gasteiger partial charge in [-0.1, -0.05) is 6.92 Å². The van der Waals surface area contributed by atoms with Gasteiger partial charge in [0.15, 0.2) is 0 Å². The van der Waals surface area contributed by atoms with Crippen LogP contribution in [0.4, 0.5) is 11.8 Å². The molecule has 6 heteroatoms.